The molecule has 5 heteroatoms. The van der Waals surface area contributed by atoms with E-state index in [1.165, 1.54) is 27.1 Å². The van der Waals surface area contributed by atoms with Crippen molar-refractivity contribution in [1.29, 1.82) is 0 Å². The molecule has 3 nitrogen and oxygen atoms in total. The number of rotatable bonds is 4. The Hall–Kier alpha value is -2.37. The first-order valence-electron chi connectivity index (χ1n) is 10.0. The van der Waals surface area contributed by atoms with E-state index in [-0.39, 0.29) is 5.56 Å². The van der Waals surface area contributed by atoms with Crippen LogP contribution in [-0.2, 0) is 12.8 Å². The van der Waals surface area contributed by atoms with Gasteiger partial charge in [-0.25, -0.2) is 4.98 Å². The Kier molecular flexibility index (Phi) is 4.80. The summed E-state index contributed by atoms with van der Waals surface area (Å²) in [5.74, 6) is 0.942. The summed E-state index contributed by atoms with van der Waals surface area (Å²) in [6.07, 6.45) is 2.92. The summed E-state index contributed by atoms with van der Waals surface area (Å²) in [5, 5.41) is 1.60. The van der Waals surface area contributed by atoms with Crippen LogP contribution in [0, 0.1) is 6.92 Å². The third-order valence-corrected chi connectivity index (χ3v) is 7.73. The molecule has 2 aromatic carbocycles. The molecule has 1 aliphatic rings. The van der Waals surface area contributed by atoms with Gasteiger partial charge in [0.25, 0.3) is 5.56 Å². The number of nitrogens with zero attached hydrogens (tertiary/aromatic N) is 2. The fourth-order valence-corrected chi connectivity index (χ4v) is 6.17. The van der Waals surface area contributed by atoms with Crippen molar-refractivity contribution in [2.24, 2.45) is 0 Å². The second kappa shape index (κ2) is 7.47. The van der Waals surface area contributed by atoms with Crippen molar-refractivity contribution in [3.8, 4) is 16.1 Å². The summed E-state index contributed by atoms with van der Waals surface area (Å²) in [5.41, 5.74) is 5.95. The number of thioether (sulfide) groups is 1. The second-order valence-corrected chi connectivity index (χ2v) is 9.53. The molecule has 0 aliphatic heterocycles. The van der Waals surface area contributed by atoms with Crippen LogP contribution in [-0.4, -0.2) is 15.3 Å². The fourth-order valence-electron chi connectivity index (χ4n) is 3.97. The van der Waals surface area contributed by atoms with Gasteiger partial charge in [0.05, 0.1) is 11.1 Å². The standard InChI is InChI=1S/C24H22N2OS2/c1-3-14-28-24-25-22-20(23(27)26(24)17-11-8-15(2)9-12-17)19-13-10-16-6-4-5-7-18(16)21(19)29-22/h4-9,11-12H,3,10,13-14H2,1-2H3. The quantitative estimate of drug-likeness (QED) is 0.300. The van der Waals surface area contributed by atoms with E-state index in [2.05, 4.69) is 50.2 Å². The average Bonchev–Trinajstić information content (AvgIpc) is 3.12. The van der Waals surface area contributed by atoms with Gasteiger partial charge in [0.15, 0.2) is 5.16 Å². The van der Waals surface area contributed by atoms with Gasteiger partial charge in [-0.15, -0.1) is 11.3 Å². The monoisotopic (exact) mass is 418 g/mol. The fraction of sp³-hybridized carbons (Fsp3) is 0.250. The number of hydrogen-bond acceptors (Lipinski definition) is 4. The summed E-state index contributed by atoms with van der Waals surface area (Å²) in [7, 11) is 0. The third-order valence-electron chi connectivity index (χ3n) is 5.43. The summed E-state index contributed by atoms with van der Waals surface area (Å²) in [6, 6.07) is 16.7. The molecule has 0 fully saturated rings. The molecule has 4 aromatic rings. The Labute approximate surface area is 178 Å². The lowest BCUT2D eigenvalue weighted by Gasteiger charge is -2.16. The van der Waals surface area contributed by atoms with Gasteiger partial charge < -0.3 is 0 Å². The van der Waals surface area contributed by atoms with E-state index < -0.39 is 0 Å². The SMILES string of the molecule is CCCSc1nc2sc3c(c2c(=O)n1-c1ccc(C)cc1)CCc1ccccc1-3. The predicted molar refractivity (Wildman–Crippen MR) is 124 cm³/mol. The van der Waals surface area contributed by atoms with Crippen LogP contribution in [0.25, 0.3) is 26.3 Å². The summed E-state index contributed by atoms with van der Waals surface area (Å²) >= 11 is 3.34. The Balaban J connectivity index is 1.79. The Morgan fingerprint density at radius 3 is 2.69 bits per heavy atom. The van der Waals surface area contributed by atoms with E-state index in [0.29, 0.717) is 0 Å². The third kappa shape index (κ3) is 3.13. The summed E-state index contributed by atoms with van der Waals surface area (Å²) in [4.78, 5) is 20.8. The van der Waals surface area contributed by atoms with Crippen LogP contribution in [0.2, 0.25) is 0 Å². The predicted octanol–water partition coefficient (Wildman–Crippen LogP) is 6.02. The van der Waals surface area contributed by atoms with Crippen molar-refractivity contribution in [2.45, 2.75) is 38.3 Å². The lowest BCUT2D eigenvalue weighted by Crippen LogP contribution is -2.22. The van der Waals surface area contributed by atoms with Crippen LogP contribution in [0.4, 0.5) is 0 Å². The number of benzene rings is 2. The highest BCUT2D eigenvalue weighted by molar-refractivity contribution is 7.99. The highest BCUT2D eigenvalue weighted by Crippen LogP contribution is 2.42. The van der Waals surface area contributed by atoms with Crippen LogP contribution >= 0.6 is 23.1 Å². The average molecular weight is 419 g/mol. The molecule has 0 radical (unpaired) electrons. The van der Waals surface area contributed by atoms with Gasteiger partial charge in [-0.05, 0) is 55.0 Å². The minimum atomic E-state index is 0.0642. The van der Waals surface area contributed by atoms with Gasteiger partial charge in [-0.1, -0.05) is 60.6 Å². The second-order valence-electron chi connectivity index (χ2n) is 7.47. The van der Waals surface area contributed by atoms with Crippen LogP contribution in [0.15, 0.2) is 58.5 Å². The zero-order valence-corrected chi connectivity index (χ0v) is 18.2. The minimum absolute atomic E-state index is 0.0642. The molecule has 0 saturated heterocycles. The molecule has 2 heterocycles. The maximum absolute atomic E-state index is 13.8. The minimum Gasteiger partial charge on any atom is -0.268 e. The molecule has 0 saturated carbocycles. The zero-order chi connectivity index (χ0) is 20.0. The number of fused-ring (bicyclic) bond motifs is 5. The van der Waals surface area contributed by atoms with Gasteiger partial charge in [0, 0.05) is 10.6 Å². The molecule has 29 heavy (non-hydrogen) atoms. The molecular weight excluding hydrogens is 396 g/mol. The zero-order valence-electron chi connectivity index (χ0n) is 16.6. The van der Waals surface area contributed by atoms with E-state index in [1.54, 1.807) is 23.1 Å². The van der Waals surface area contributed by atoms with E-state index >= 15 is 0 Å². The molecule has 0 spiro atoms. The summed E-state index contributed by atoms with van der Waals surface area (Å²) < 4.78 is 1.82. The maximum Gasteiger partial charge on any atom is 0.267 e. The van der Waals surface area contributed by atoms with Crippen LogP contribution < -0.4 is 5.56 Å². The van der Waals surface area contributed by atoms with Crippen LogP contribution in [0.1, 0.15) is 30.0 Å². The number of thiophene rings is 1. The molecule has 2 aromatic heterocycles. The molecular formula is C24H22N2OS2. The number of hydrogen-bond donors (Lipinski definition) is 0. The first-order chi connectivity index (χ1) is 14.2. The van der Waals surface area contributed by atoms with Crippen molar-refractivity contribution in [1.82, 2.24) is 9.55 Å². The van der Waals surface area contributed by atoms with Gasteiger partial charge in [0.1, 0.15) is 4.83 Å². The molecule has 0 N–H and O–H groups in total. The topological polar surface area (TPSA) is 34.9 Å². The van der Waals surface area contributed by atoms with E-state index in [0.717, 1.165) is 46.1 Å². The number of aromatic nitrogens is 2. The maximum atomic E-state index is 13.8. The Bertz CT molecular complexity index is 1270. The van der Waals surface area contributed by atoms with Crippen molar-refractivity contribution in [3.05, 3.63) is 75.6 Å². The first kappa shape index (κ1) is 18.6. The number of aryl methyl sites for hydroxylation is 3. The molecule has 0 unspecified atom stereocenters. The molecule has 5 rings (SSSR count). The van der Waals surface area contributed by atoms with E-state index in [4.69, 9.17) is 4.98 Å². The van der Waals surface area contributed by atoms with E-state index in [1.807, 2.05) is 16.7 Å². The van der Waals surface area contributed by atoms with Crippen molar-refractivity contribution in [3.63, 3.8) is 0 Å². The van der Waals surface area contributed by atoms with Gasteiger partial charge in [0.2, 0.25) is 0 Å². The molecule has 146 valence electrons. The normalized spacial score (nSPS) is 12.8. The molecule has 1 aliphatic carbocycles. The lowest BCUT2D eigenvalue weighted by atomic mass is 9.90. The van der Waals surface area contributed by atoms with Gasteiger partial charge >= 0.3 is 0 Å². The Morgan fingerprint density at radius 2 is 1.90 bits per heavy atom. The molecule has 0 atom stereocenters. The van der Waals surface area contributed by atoms with Crippen LogP contribution in [0.5, 0.6) is 0 Å². The highest BCUT2D eigenvalue weighted by Gasteiger charge is 2.25. The van der Waals surface area contributed by atoms with Crippen molar-refractivity contribution in [2.75, 3.05) is 5.75 Å². The van der Waals surface area contributed by atoms with E-state index in [9.17, 15) is 4.79 Å². The van der Waals surface area contributed by atoms with Crippen LogP contribution in [0.3, 0.4) is 0 Å². The van der Waals surface area contributed by atoms with Crippen molar-refractivity contribution >= 4 is 33.3 Å². The summed E-state index contributed by atoms with van der Waals surface area (Å²) in [6.45, 7) is 4.22. The highest BCUT2D eigenvalue weighted by atomic mass is 32.2. The van der Waals surface area contributed by atoms with Crippen molar-refractivity contribution < 1.29 is 0 Å². The molecule has 0 amide bonds. The Morgan fingerprint density at radius 1 is 1.10 bits per heavy atom. The lowest BCUT2D eigenvalue weighted by molar-refractivity contribution is 0.818. The largest absolute Gasteiger partial charge is 0.268 e. The van der Waals surface area contributed by atoms with Gasteiger partial charge in [-0.3, -0.25) is 9.36 Å². The first-order valence-corrected chi connectivity index (χ1v) is 11.8. The van der Waals surface area contributed by atoms with Gasteiger partial charge in [-0.2, -0.15) is 0 Å². The molecule has 0 bridgehead atoms. The smallest absolute Gasteiger partial charge is 0.267 e.